The van der Waals surface area contributed by atoms with Crippen molar-refractivity contribution in [2.45, 2.75) is 52.6 Å². The average Bonchev–Trinajstić information content (AvgIpc) is 3.48. The first-order valence-electron chi connectivity index (χ1n) is 10.0. The third-order valence-electron chi connectivity index (χ3n) is 5.29. The number of carbonyl (C=O) groups is 3. The molecular formula is C23H28N2O4. The van der Waals surface area contributed by atoms with Gasteiger partial charge in [-0.2, -0.15) is 0 Å². The maximum Gasteiger partial charge on any atom is 0.329 e. The van der Waals surface area contributed by atoms with E-state index in [1.54, 1.807) is 24.3 Å². The second kappa shape index (κ2) is 8.64. The van der Waals surface area contributed by atoms with Gasteiger partial charge in [0.2, 0.25) is 5.78 Å². The molecule has 0 saturated heterocycles. The number of amides is 1. The first-order valence-corrected chi connectivity index (χ1v) is 10.0. The van der Waals surface area contributed by atoms with Crippen molar-refractivity contribution in [2.75, 3.05) is 6.61 Å². The predicted molar refractivity (Wildman–Crippen MR) is 110 cm³/mol. The molecule has 154 valence electrons. The summed E-state index contributed by atoms with van der Waals surface area (Å²) in [4.78, 5) is 37.6. The van der Waals surface area contributed by atoms with Crippen molar-refractivity contribution in [2.24, 2.45) is 5.92 Å². The van der Waals surface area contributed by atoms with Gasteiger partial charge in [-0.05, 0) is 50.8 Å². The van der Waals surface area contributed by atoms with Gasteiger partial charge in [-0.3, -0.25) is 9.59 Å². The third kappa shape index (κ3) is 4.75. The van der Waals surface area contributed by atoms with Crippen LogP contribution in [0.5, 0.6) is 0 Å². The highest BCUT2D eigenvalue weighted by atomic mass is 16.5. The lowest BCUT2D eigenvalue weighted by Crippen LogP contribution is -2.45. The molecule has 1 heterocycles. The molecule has 1 N–H and O–H groups in total. The molecule has 1 atom stereocenters. The van der Waals surface area contributed by atoms with Gasteiger partial charge in [0.1, 0.15) is 6.04 Å². The second-order valence-electron chi connectivity index (χ2n) is 7.98. The van der Waals surface area contributed by atoms with E-state index in [9.17, 15) is 14.4 Å². The van der Waals surface area contributed by atoms with E-state index >= 15 is 0 Å². The SMILES string of the molecule is Cc1cc(C(=O)COC(=O)[C@@H](NC(=O)c2ccccc2)C(C)C)c(C)n1C1CC1. The van der Waals surface area contributed by atoms with Crippen LogP contribution in [0.1, 0.15) is 64.8 Å². The van der Waals surface area contributed by atoms with Crippen LogP contribution in [0.4, 0.5) is 0 Å². The second-order valence-corrected chi connectivity index (χ2v) is 7.98. The number of benzene rings is 1. The van der Waals surface area contributed by atoms with Crippen molar-refractivity contribution in [3.8, 4) is 0 Å². The van der Waals surface area contributed by atoms with Gasteiger partial charge in [0.15, 0.2) is 6.61 Å². The van der Waals surface area contributed by atoms with E-state index in [0.29, 0.717) is 17.2 Å². The molecule has 0 spiro atoms. The summed E-state index contributed by atoms with van der Waals surface area (Å²) in [6, 6.07) is 10.2. The van der Waals surface area contributed by atoms with Crippen LogP contribution in [0.15, 0.2) is 36.4 Å². The van der Waals surface area contributed by atoms with Gasteiger partial charge in [0.05, 0.1) is 0 Å². The molecule has 1 aromatic carbocycles. The van der Waals surface area contributed by atoms with Crippen LogP contribution < -0.4 is 5.32 Å². The molecule has 1 aliphatic carbocycles. The Balaban J connectivity index is 1.62. The van der Waals surface area contributed by atoms with Crippen LogP contribution in [0.25, 0.3) is 0 Å². The Morgan fingerprint density at radius 2 is 1.79 bits per heavy atom. The fourth-order valence-electron chi connectivity index (χ4n) is 3.57. The van der Waals surface area contributed by atoms with Crippen molar-refractivity contribution >= 4 is 17.7 Å². The van der Waals surface area contributed by atoms with Gasteiger partial charge in [0, 0.05) is 28.6 Å². The summed E-state index contributed by atoms with van der Waals surface area (Å²) >= 11 is 0. The molecule has 0 radical (unpaired) electrons. The summed E-state index contributed by atoms with van der Waals surface area (Å²) in [6.07, 6.45) is 2.27. The number of carbonyl (C=O) groups excluding carboxylic acids is 3. The largest absolute Gasteiger partial charge is 0.456 e. The standard InChI is InChI=1S/C23H28N2O4/c1-14(2)21(24-22(27)17-8-6-5-7-9-17)23(28)29-13-20(26)19-12-15(3)25(16(19)4)18-10-11-18/h5-9,12,14,18,21H,10-11,13H2,1-4H3,(H,24,27)/t21-/m0/s1. The highest BCUT2D eigenvalue weighted by Crippen LogP contribution is 2.38. The zero-order valence-electron chi connectivity index (χ0n) is 17.4. The summed E-state index contributed by atoms with van der Waals surface area (Å²) in [5, 5.41) is 2.71. The van der Waals surface area contributed by atoms with Gasteiger partial charge in [-0.1, -0.05) is 32.0 Å². The Labute approximate surface area is 171 Å². The van der Waals surface area contributed by atoms with E-state index in [1.807, 2.05) is 39.8 Å². The minimum Gasteiger partial charge on any atom is -0.456 e. The van der Waals surface area contributed by atoms with E-state index in [0.717, 1.165) is 24.2 Å². The summed E-state index contributed by atoms with van der Waals surface area (Å²) < 4.78 is 7.47. The number of aryl methyl sites for hydroxylation is 1. The highest BCUT2D eigenvalue weighted by molar-refractivity contribution is 6.00. The molecule has 29 heavy (non-hydrogen) atoms. The van der Waals surface area contributed by atoms with Crippen LogP contribution in [0, 0.1) is 19.8 Å². The molecule has 1 amide bonds. The fraction of sp³-hybridized carbons (Fsp3) is 0.435. The molecule has 1 aromatic heterocycles. The number of rotatable bonds is 8. The molecule has 6 nitrogen and oxygen atoms in total. The van der Waals surface area contributed by atoms with Gasteiger partial charge in [-0.15, -0.1) is 0 Å². The number of ketones is 1. The number of nitrogens with one attached hydrogen (secondary N) is 1. The minimum atomic E-state index is -0.825. The lowest BCUT2D eigenvalue weighted by molar-refractivity contribution is -0.145. The number of Topliss-reactive ketones (excluding diaryl/α,β-unsaturated/α-hetero) is 1. The van der Waals surface area contributed by atoms with E-state index in [4.69, 9.17) is 4.74 Å². The molecule has 3 rings (SSSR count). The Hall–Kier alpha value is -2.89. The Kier molecular flexibility index (Phi) is 6.20. The van der Waals surface area contributed by atoms with Gasteiger partial charge >= 0.3 is 5.97 Å². The molecule has 1 aliphatic rings. The molecule has 1 fully saturated rings. The molecule has 0 aliphatic heterocycles. The third-order valence-corrected chi connectivity index (χ3v) is 5.29. The first kappa shape index (κ1) is 20.8. The Morgan fingerprint density at radius 1 is 1.14 bits per heavy atom. The summed E-state index contributed by atoms with van der Waals surface area (Å²) in [7, 11) is 0. The molecular weight excluding hydrogens is 368 g/mol. The monoisotopic (exact) mass is 396 g/mol. The Bertz CT molecular complexity index is 910. The quantitative estimate of drug-likeness (QED) is 0.546. The Morgan fingerprint density at radius 3 is 2.38 bits per heavy atom. The van der Waals surface area contributed by atoms with E-state index in [2.05, 4.69) is 9.88 Å². The first-order chi connectivity index (χ1) is 13.8. The van der Waals surface area contributed by atoms with Crippen molar-refractivity contribution < 1.29 is 19.1 Å². The molecule has 6 heteroatoms. The number of ether oxygens (including phenoxy) is 1. The fourth-order valence-corrected chi connectivity index (χ4v) is 3.57. The predicted octanol–water partition coefficient (Wildman–Crippen LogP) is 3.62. The summed E-state index contributed by atoms with van der Waals surface area (Å²) in [6.45, 7) is 7.22. The van der Waals surface area contributed by atoms with Crippen LogP contribution in [-0.4, -0.2) is 34.9 Å². The average molecular weight is 396 g/mol. The normalized spacial score (nSPS) is 14.5. The van der Waals surface area contributed by atoms with E-state index in [-0.39, 0.29) is 24.2 Å². The van der Waals surface area contributed by atoms with Crippen LogP contribution in [0.2, 0.25) is 0 Å². The lowest BCUT2D eigenvalue weighted by Gasteiger charge is -2.20. The van der Waals surface area contributed by atoms with Crippen molar-refractivity contribution in [3.63, 3.8) is 0 Å². The van der Waals surface area contributed by atoms with Crippen molar-refractivity contribution in [3.05, 3.63) is 58.9 Å². The molecule has 1 saturated carbocycles. The molecule has 2 aromatic rings. The van der Waals surface area contributed by atoms with E-state index in [1.165, 1.54) is 0 Å². The number of aromatic nitrogens is 1. The van der Waals surface area contributed by atoms with Crippen molar-refractivity contribution in [1.82, 2.24) is 9.88 Å². The maximum atomic E-state index is 12.6. The number of nitrogens with zero attached hydrogens (tertiary/aromatic N) is 1. The van der Waals surface area contributed by atoms with Gasteiger partial charge < -0.3 is 14.6 Å². The van der Waals surface area contributed by atoms with Gasteiger partial charge in [-0.25, -0.2) is 4.79 Å². The maximum absolute atomic E-state index is 12.6. The van der Waals surface area contributed by atoms with Gasteiger partial charge in [0.25, 0.3) is 5.91 Å². The van der Waals surface area contributed by atoms with Crippen LogP contribution >= 0.6 is 0 Å². The smallest absolute Gasteiger partial charge is 0.329 e. The molecule has 0 bridgehead atoms. The van der Waals surface area contributed by atoms with Crippen LogP contribution in [0.3, 0.4) is 0 Å². The lowest BCUT2D eigenvalue weighted by atomic mass is 10.0. The highest BCUT2D eigenvalue weighted by Gasteiger charge is 2.30. The zero-order valence-corrected chi connectivity index (χ0v) is 17.4. The molecule has 0 unspecified atom stereocenters. The van der Waals surface area contributed by atoms with E-state index < -0.39 is 12.0 Å². The van der Waals surface area contributed by atoms with Crippen LogP contribution in [-0.2, 0) is 9.53 Å². The zero-order chi connectivity index (χ0) is 21.1. The summed E-state index contributed by atoms with van der Waals surface area (Å²) in [5.74, 6) is -1.35. The number of esters is 1. The minimum absolute atomic E-state index is 0.176. The number of hydrogen-bond acceptors (Lipinski definition) is 4. The van der Waals surface area contributed by atoms with Crippen molar-refractivity contribution in [1.29, 1.82) is 0 Å². The number of hydrogen-bond donors (Lipinski definition) is 1. The topological polar surface area (TPSA) is 77.4 Å². The summed E-state index contributed by atoms with van der Waals surface area (Å²) in [5.41, 5.74) is 3.03.